The maximum absolute atomic E-state index is 12.3. The van der Waals surface area contributed by atoms with Crippen molar-refractivity contribution in [3.8, 4) is 0 Å². The van der Waals surface area contributed by atoms with Crippen LogP contribution in [0.25, 0.3) is 0 Å². The van der Waals surface area contributed by atoms with Crippen molar-refractivity contribution in [2.45, 2.75) is 19.4 Å². The first-order valence-electron chi connectivity index (χ1n) is 8.13. The van der Waals surface area contributed by atoms with E-state index in [9.17, 15) is 18.0 Å². The molecule has 0 aliphatic carbocycles. The first-order valence-corrected chi connectivity index (χ1v) is 10.3. The normalized spacial score (nSPS) is 21.0. The SMILES string of the molecule is CN(C)S(=O)(=O)N1CCc2nc(NC(=O)C3CCN(C(=O)O)C3)sc2C1. The third-order valence-corrected chi connectivity index (χ3v) is 7.43. The number of thiazole rings is 1. The number of hydrogen-bond donors (Lipinski definition) is 2. The van der Waals surface area contributed by atoms with E-state index < -0.39 is 22.2 Å². The van der Waals surface area contributed by atoms with Crippen LogP contribution in [0.15, 0.2) is 0 Å². The zero-order valence-electron chi connectivity index (χ0n) is 14.5. The summed E-state index contributed by atoms with van der Waals surface area (Å²) >= 11 is 1.26. The van der Waals surface area contributed by atoms with Gasteiger partial charge >= 0.3 is 6.09 Å². The van der Waals surface area contributed by atoms with Crippen LogP contribution in [-0.2, 0) is 28.0 Å². The van der Waals surface area contributed by atoms with Gasteiger partial charge in [-0.25, -0.2) is 9.78 Å². The Hall–Kier alpha value is -1.76. The number of carbonyl (C=O) groups excluding carboxylic acids is 1. The molecule has 1 saturated heterocycles. The van der Waals surface area contributed by atoms with Crippen LogP contribution >= 0.6 is 11.3 Å². The van der Waals surface area contributed by atoms with Crippen LogP contribution in [0.1, 0.15) is 17.0 Å². The summed E-state index contributed by atoms with van der Waals surface area (Å²) in [6.07, 6.45) is -0.0458. The highest BCUT2D eigenvalue weighted by atomic mass is 32.2. The summed E-state index contributed by atoms with van der Waals surface area (Å²) in [5, 5.41) is 12.1. The number of carboxylic acid groups (broad SMARTS) is 1. The van der Waals surface area contributed by atoms with Crippen LogP contribution in [0, 0.1) is 5.92 Å². The Labute approximate surface area is 155 Å². The van der Waals surface area contributed by atoms with Crippen molar-refractivity contribution >= 4 is 38.7 Å². The van der Waals surface area contributed by atoms with Gasteiger partial charge in [0.25, 0.3) is 10.2 Å². The van der Waals surface area contributed by atoms with Gasteiger partial charge in [-0.3, -0.25) is 4.79 Å². The van der Waals surface area contributed by atoms with Crippen molar-refractivity contribution in [2.24, 2.45) is 5.92 Å². The lowest BCUT2D eigenvalue weighted by Crippen LogP contribution is -2.42. The van der Waals surface area contributed by atoms with Gasteiger partial charge in [0.05, 0.1) is 18.2 Å². The molecule has 1 fully saturated rings. The zero-order valence-corrected chi connectivity index (χ0v) is 16.1. The van der Waals surface area contributed by atoms with E-state index in [-0.39, 0.29) is 19.0 Å². The highest BCUT2D eigenvalue weighted by Crippen LogP contribution is 2.30. The molecule has 1 aromatic heterocycles. The van der Waals surface area contributed by atoms with E-state index in [1.807, 2.05) is 0 Å². The number of nitrogens with zero attached hydrogens (tertiary/aromatic N) is 4. The predicted molar refractivity (Wildman–Crippen MR) is 95.2 cm³/mol. The second-order valence-corrected chi connectivity index (χ2v) is 9.69. The molecule has 3 heterocycles. The highest BCUT2D eigenvalue weighted by molar-refractivity contribution is 7.86. The standard InChI is InChI=1S/C14H21N5O5S2/c1-17(2)26(23,24)19-6-4-10-11(8-19)25-13(15-10)16-12(20)9-3-5-18(7-9)14(21)22/h9H,3-8H2,1-2H3,(H,21,22)(H,15,16,20). The second kappa shape index (κ2) is 7.10. The lowest BCUT2D eigenvalue weighted by Gasteiger charge is -2.27. The molecule has 1 unspecified atom stereocenters. The van der Waals surface area contributed by atoms with Gasteiger partial charge in [-0.15, -0.1) is 11.3 Å². The quantitative estimate of drug-likeness (QED) is 0.743. The summed E-state index contributed by atoms with van der Waals surface area (Å²) in [5.41, 5.74) is 0.800. The van der Waals surface area contributed by atoms with E-state index >= 15 is 0 Å². The smallest absolute Gasteiger partial charge is 0.407 e. The first-order chi connectivity index (χ1) is 12.2. The third kappa shape index (κ3) is 3.68. The van der Waals surface area contributed by atoms with Crippen LogP contribution in [-0.4, -0.2) is 77.7 Å². The van der Waals surface area contributed by atoms with E-state index in [0.29, 0.717) is 31.1 Å². The van der Waals surface area contributed by atoms with Crippen molar-refractivity contribution in [1.82, 2.24) is 18.5 Å². The van der Waals surface area contributed by atoms with Crippen molar-refractivity contribution in [1.29, 1.82) is 0 Å². The molecular weight excluding hydrogens is 382 g/mol. The van der Waals surface area contributed by atoms with Crippen LogP contribution < -0.4 is 5.32 Å². The largest absolute Gasteiger partial charge is 0.465 e. The monoisotopic (exact) mass is 403 g/mol. The molecule has 1 aromatic rings. The molecule has 10 nitrogen and oxygen atoms in total. The van der Waals surface area contributed by atoms with Crippen molar-refractivity contribution < 1.29 is 23.1 Å². The number of amides is 2. The molecule has 2 aliphatic heterocycles. The lowest BCUT2D eigenvalue weighted by molar-refractivity contribution is -0.119. The summed E-state index contributed by atoms with van der Waals surface area (Å²) < 4.78 is 27.1. The van der Waals surface area contributed by atoms with E-state index in [1.165, 1.54) is 38.9 Å². The molecule has 144 valence electrons. The maximum atomic E-state index is 12.3. The molecular formula is C14H21N5O5S2. The summed E-state index contributed by atoms with van der Waals surface area (Å²) in [4.78, 5) is 29.7. The van der Waals surface area contributed by atoms with Crippen LogP contribution in [0.3, 0.4) is 0 Å². The summed E-state index contributed by atoms with van der Waals surface area (Å²) in [6, 6.07) is 0. The molecule has 0 spiro atoms. The topological polar surface area (TPSA) is 123 Å². The average Bonchev–Trinajstić information content (AvgIpc) is 3.20. The Morgan fingerprint density at radius 1 is 1.35 bits per heavy atom. The van der Waals surface area contributed by atoms with Gasteiger partial charge in [-0.05, 0) is 6.42 Å². The van der Waals surface area contributed by atoms with Gasteiger partial charge in [0, 0.05) is 45.0 Å². The molecule has 26 heavy (non-hydrogen) atoms. The van der Waals surface area contributed by atoms with Gasteiger partial charge in [0.15, 0.2) is 5.13 Å². The molecule has 3 rings (SSSR count). The number of carbonyl (C=O) groups is 2. The Balaban J connectivity index is 1.65. The van der Waals surface area contributed by atoms with Gasteiger partial charge in [-0.2, -0.15) is 17.0 Å². The summed E-state index contributed by atoms with van der Waals surface area (Å²) in [7, 11) is -0.504. The Morgan fingerprint density at radius 3 is 2.69 bits per heavy atom. The zero-order chi connectivity index (χ0) is 19.1. The van der Waals surface area contributed by atoms with Crippen LogP contribution in [0.5, 0.6) is 0 Å². The minimum atomic E-state index is -3.49. The van der Waals surface area contributed by atoms with Crippen molar-refractivity contribution in [3.05, 3.63) is 10.6 Å². The molecule has 1 atom stereocenters. The molecule has 2 aliphatic rings. The lowest BCUT2D eigenvalue weighted by atomic mass is 10.1. The molecule has 0 aromatic carbocycles. The third-order valence-electron chi connectivity index (χ3n) is 4.54. The molecule has 2 N–H and O–H groups in total. The van der Waals surface area contributed by atoms with Crippen molar-refractivity contribution in [2.75, 3.05) is 39.0 Å². The summed E-state index contributed by atoms with van der Waals surface area (Å²) in [5.74, 6) is -0.643. The molecule has 0 saturated carbocycles. The Bertz CT molecular complexity index is 822. The number of nitrogens with one attached hydrogen (secondary N) is 1. The van der Waals surface area contributed by atoms with Crippen LogP contribution in [0.4, 0.5) is 9.93 Å². The number of fused-ring (bicyclic) bond motifs is 1. The van der Waals surface area contributed by atoms with Crippen LogP contribution in [0.2, 0.25) is 0 Å². The molecule has 0 bridgehead atoms. The number of anilines is 1. The maximum Gasteiger partial charge on any atom is 0.407 e. The fourth-order valence-corrected chi connectivity index (χ4v) is 5.19. The molecule has 2 amide bonds. The van der Waals surface area contributed by atoms with Gasteiger partial charge in [0.1, 0.15) is 0 Å². The minimum Gasteiger partial charge on any atom is -0.465 e. The van der Waals surface area contributed by atoms with Gasteiger partial charge < -0.3 is 15.3 Å². The number of rotatable bonds is 4. The number of aromatic nitrogens is 1. The Kier molecular flexibility index (Phi) is 5.19. The van der Waals surface area contributed by atoms with Gasteiger partial charge in [0.2, 0.25) is 5.91 Å². The van der Waals surface area contributed by atoms with E-state index in [0.717, 1.165) is 10.6 Å². The summed E-state index contributed by atoms with van der Waals surface area (Å²) in [6.45, 7) is 1.11. The fraction of sp³-hybridized carbons (Fsp3) is 0.643. The average molecular weight is 403 g/mol. The second-order valence-electron chi connectivity index (χ2n) is 6.47. The molecule has 12 heteroatoms. The van der Waals surface area contributed by atoms with E-state index in [2.05, 4.69) is 10.3 Å². The highest BCUT2D eigenvalue weighted by Gasteiger charge is 2.33. The minimum absolute atomic E-state index is 0.182. The predicted octanol–water partition coefficient (Wildman–Crippen LogP) is 0.246. The van der Waals surface area contributed by atoms with Gasteiger partial charge in [-0.1, -0.05) is 0 Å². The molecule has 0 radical (unpaired) electrons. The number of hydrogen-bond acceptors (Lipinski definition) is 6. The van der Waals surface area contributed by atoms with E-state index in [1.54, 1.807) is 0 Å². The Morgan fingerprint density at radius 2 is 2.08 bits per heavy atom. The van der Waals surface area contributed by atoms with Crippen molar-refractivity contribution in [3.63, 3.8) is 0 Å². The first kappa shape index (κ1) is 19.0. The van der Waals surface area contributed by atoms with E-state index in [4.69, 9.17) is 5.11 Å². The number of likely N-dealkylation sites (tertiary alicyclic amines) is 1. The fourth-order valence-electron chi connectivity index (χ4n) is 3.01.